The summed E-state index contributed by atoms with van der Waals surface area (Å²) in [5.74, 6) is 1.87. The summed E-state index contributed by atoms with van der Waals surface area (Å²) in [5.41, 5.74) is 3.77. The van der Waals surface area contributed by atoms with E-state index in [9.17, 15) is 10.1 Å². The van der Waals surface area contributed by atoms with Gasteiger partial charge in [-0.1, -0.05) is 18.2 Å². The molecule has 1 N–H and O–H groups in total. The van der Waals surface area contributed by atoms with E-state index in [-0.39, 0.29) is 28.5 Å². The Balaban J connectivity index is 1.87. The largest absolute Gasteiger partial charge is 0.493 e. The van der Waals surface area contributed by atoms with Crippen LogP contribution in [0, 0.1) is 23.0 Å². The van der Waals surface area contributed by atoms with Crippen molar-refractivity contribution in [3.8, 4) is 17.2 Å². The Kier molecular flexibility index (Phi) is 4.82. The Morgan fingerprint density at radius 1 is 1.10 bits per heavy atom. The molecule has 0 spiro atoms. The highest BCUT2D eigenvalue weighted by Crippen LogP contribution is 2.54. The molecule has 0 saturated carbocycles. The number of fused-ring (bicyclic) bond motifs is 3. The number of aryl methyl sites for hydroxylation is 1. The quantitative estimate of drug-likeness (QED) is 0.446. The van der Waals surface area contributed by atoms with E-state index in [2.05, 4.69) is 17.5 Å². The van der Waals surface area contributed by atoms with Crippen LogP contribution >= 0.6 is 0 Å². The molecule has 3 unspecified atom stereocenters. The molecule has 1 aliphatic heterocycles. The second-order valence-electron chi connectivity index (χ2n) is 7.38. The number of allylic oxidation sites excluding steroid dienone is 2. The van der Waals surface area contributed by atoms with Crippen LogP contribution in [0.3, 0.4) is 0 Å². The summed E-state index contributed by atoms with van der Waals surface area (Å²) < 4.78 is 16.5. The van der Waals surface area contributed by atoms with Gasteiger partial charge < -0.3 is 19.5 Å². The van der Waals surface area contributed by atoms with E-state index in [1.165, 1.54) is 0 Å². The third-order valence-electron chi connectivity index (χ3n) is 5.95. The molecule has 1 aliphatic carbocycles. The first-order valence-corrected chi connectivity index (χ1v) is 9.51. The zero-order chi connectivity index (χ0) is 20.7. The van der Waals surface area contributed by atoms with E-state index < -0.39 is 0 Å². The number of hydrogen-bond acceptors (Lipinski definition) is 6. The third kappa shape index (κ3) is 2.97. The van der Waals surface area contributed by atoms with E-state index in [1.807, 2.05) is 19.1 Å². The van der Waals surface area contributed by atoms with Crippen molar-refractivity contribution < 1.29 is 19.1 Å². The average molecular weight is 396 g/mol. The van der Waals surface area contributed by atoms with Crippen LogP contribution in [0.4, 0.5) is 11.4 Å². The van der Waals surface area contributed by atoms with Crippen molar-refractivity contribution in [3.63, 3.8) is 0 Å². The number of nitrogens with one attached hydrogen (secondary N) is 1. The molecule has 7 nitrogen and oxygen atoms in total. The van der Waals surface area contributed by atoms with Gasteiger partial charge in [0, 0.05) is 17.7 Å². The van der Waals surface area contributed by atoms with Crippen LogP contribution in [0.1, 0.15) is 35.1 Å². The number of methoxy groups -OCH3 is 3. The molecule has 4 rings (SSSR count). The monoisotopic (exact) mass is 396 g/mol. The van der Waals surface area contributed by atoms with Gasteiger partial charge in [-0.25, -0.2) is 0 Å². The van der Waals surface area contributed by atoms with Crippen LogP contribution in [0.15, 0.2) is 36.4 Å². The molecule has 0 amide bonds. The summed E-state index contributed by atoms with van der Waals surface area (Å²) in [5, 5.41) is 15.3. The fraction of sp³-hybridized carbons (Fsp3) is 0.364. The lowest BCUT2D eigenvalue weighted by molar-refractivity contribution is -0.385. The van der Waals surface area contributed by atoms with Crippen LogP contribution in [-0.4, -0.2) is 26.3 Å². The SMILES string of the molecule is COc1cc(C2Nc3c(C)ccc([N+](=O)[O-])c3C3C=CCC32)cc(OC)c1OC. The Hall–Kier alpha value is -3.22. The zero-order valence-electron chi connectivity index (χ0n) is 16.9. The van der Waals surface area contributed by atoms with E-state index in [0.717, 1.165) is 28.8 Å². The van der Waals surface area contributed by atoms with Gasteiger partial charge >= 0.3 is 0 Å². The normalized spacial score (nSPS) is 21.7. The lowest BCUT2D eigenvalue weighted by Crippen LogP contribution is -2.30. The van der Waals surface area contributed by atoms with Crippen molar-refractivity contribution in [2.45, 2.75) is 25.3 Å². The van der Waals surface area contributed by atoms with Gasteiger partial charge in [0.15, 0.2) is 11.5 Å². The first-order chi connectivity index (χ1) is 14.0. The molecule has 0 radical (unpaired) electrons. The van der Waals surface area contributed by atoms with E-state index in [1.54, 1.807) is 33.5 Å². The number of nitro benzene ring substituents is 1. The lowest BCUT2D eigenvalue weighted by Gasteiger charge is -2.38. The summed E-state index contributed by atoms with van der Waals surface area (Å²) in [6.45, 7) is 1.97. The van der Waals surface area contributed by atoms with Crippen LogP contribution in [0.2, 0.25) is 0 Å². The summed E-state index contributed by atoms with van der Waals surface area (Å²) in [6.07, 6.45) is 5.05. The van der Waals surface area contributed by atoms with Crippen molar-refractivity contribution in [2.24, 2.45) is 5.92 Å². The molecule has 2 aliphatic rings. The number of ether oxygens (including phenoxy) is 3. The summed E-state index contributed by atoms with van der Waals surface area (Å²) >= 11 is 0. The van der Waals surface area contributed by atoms with Crippen LogP contribution in [0.5, 0.6) is 17.2 Å². The van der Waals surface area contributed by atoms with Crippen LogP contribution in [-0.2, 0) is 0 Å². The number of nitro groups is 1. The van der Waals surface area contributed by atoms with Crippen molar-refractivity contribution in [1.82, 2.24) is 0 Å². The molecule has 0 aromatic heterocycles. The third-order valence-corrected chi connectivity index (χ3v) is 5.95. The molecule has 0 fully saturated rings. The molecule has 3 atom stereocenters. The van der Waals surface area contributed by atoms with E-state index in [4.69, 9.17) is 14.2 Å². The molecular weight excluding hydrogens is 372 g/mol. The topological polar surface area (TPSA) is 82.9 Å². The van der Waals surface area contributed by atoms with Gasteiger partial charge in [-0.2, -0.15) is 0 Å². The maximum absolute atomic E-state index is 11.7. The molecule has 0 bridgehead atoms. The lowest BCUT2D eigenvalue weighted by atomic mass is 9.75. The Labute approximate surface area is 169 Å². The number of nitrogens with zero attached hydrogens (tertiary/aromatic N) is 1. The maximum atomic E-state index is 11.7. The first-order valence-electron chi connectivity index (χ1n) is 9.51. The predicted molar refractivity (Wildman–Crippen MR) is 110 cm³/mol. The van der Waals surface area contributed by atoms with Crippen molar-refractivity contribution >= 4 is 11.4 Å². The van der Waals surface area contributed by atoms with Gasteiger partial charge in [-0.15, -0.1) is 0 Å². The maximum Gasteiger partial charge on any atom is 0.275 e. The highest BCUT2D eigenvalue weighted by Gasteiger charge is 2.42. The second kappa shape index (κ2) is 7.31. The standard InChI is InChI=1S/C22H24N2O5/c1-12-8-9-16(24(25)26)19-14-6-5-7-15(14)21(23-20(12)19)13-10-17(27-2)22(29-4)18(11-13)28-3/h5-6,8-11,14-15,21,23H,7H2,1-4H3. The summed E-state index contributed by atoms with van der Waals surface area (Å²) in [4.78, 5) is 11.4. The van der Waals surface area contributed by atoms with Crippen LogP contribution in [0.25, 0.3) is 0 Å². The fourth-order valence-corrected chi connectivity index (χ4v) is 4.61. The Morgan fingerprint density at radius 3 is 2.38 bits per heavy atom. The molecule has 2 aromatic rings. The summed E-state index contributed by atoms with van der Waals surface area (Å²) in [7, 11) is 4.77. The second-order valence-corrected chi connectivity index (χ2v) is 7.38. The average Bonchev–Trinajstić information content (AvgIpc) is 3.22. The first kappa shape index (κ1) is 19.1. The molecule has 2 aromatic carbocycles. The van der Waals surface area contributed by atoms with Crippen LogP contribution < -0.4 is 19.5 Å². The minimum atomic E-state index is -0.289. The zero-order valence-corrected chi connectivity index (χ0v) is 16.9. The Bertz CT molecular complexity index is 976. The van der Waals surface area contributed by atoms with Gasteiger partial charge in [0.1, 0.15) is 0 Å². The molecule has 152 valence electrons. The molecule has 29 heavy (non-hydrogen) atoms. The number of rotatable bonds is 5. The minimum absolute atomic E-state index is 0.0179. The smallest absolute Gasteiger partial charge is 0.275 e. The molecule has 0 saturated heterocycles. The predicted octanol–water partition coefficient (Wildman–Crippen LogP) is 4.76. The summed E-state index contributed by atoms with van der Waals surface area (Å²) in [6, 6.07) is 7.27. The fourth-order valence-electron chi connectivity index (χ4n) is 4.61. The van der Waals surface area contributed by atoms with Crippen molar-refractivity contribution in [1.29, 1.82) is 0 Å². The van der Waals surface area contributed by atoms with Crippen molar-refractivity contribution in [3.05, 3.63) is 63.2 Å². The van der Waals surface area contributed by atoms with Gasteiger partial charge in [0.25, 0.3) is 5.69 Å². The number of anilines is 1. The van der Waals surface area contributed by atoms with Crippen molar-refractivity contribution in [2.75, 3.05) is 26.6 Å². The van der Waals surface area contributed by atoms with E-state index >= 15 is 0 Å². The van der Waals surface area contributed by atoms with Gasteiger partial charge in [0.2, 0.25) is 5.75 Å². The molecular formula is C22H24N2O5. The van der Waals surface area contributed by atoms with E-state index in [0.29, 0.717) is 17.2 Å². The van der Waals surface area contributed by atoms with Gasteiger partial charge in [-0.05, 0) is 42.5 Å². The highest BCUT2D eigenvalue weighted by molar-refractivity contribution is 5.71. The molecule has 1 heterocycles. The number of hydrogen-bond donors (Lipinski definition) is 1. The van der Waals surface area contributed by atoms with Gasteiger partial charge in [-0.3, -0.25) is 10.1 Å². The van der Waals surface area contributed by atoms with Gasteiger partial charge in [0.05, 0.1) is 37.9 Å². The minimum Gasteiger partial charge on any atom is -0.493 e. The molecule has 7 heteroatoms. The number of benzene rings is 2. The Morgan fingerprint density at radius 2 is 1.79 bits per heavy atom. The highest BCUT2D eigenvalue weighted by atomic mass is 16.6.